The van der Waals surface area contributed by atoms with Crippen molar-refractivity contribution in [2.75, 3.05) is 0 Å². The second-order valence-corrected chi connectivity index (χ2v) is 6.09. The average Bonchev–Trinajstić information content (AvgIpc) is 2.78. The van der Waals surface area contributed by atoms with Crippen molar-refractivity contribution in [3.05, 3.63) is 53.6 Å². The first kappa shape index (κ1) is 11.3. The summed E-state index contributed by atoms with van der Waals surface area (Å²) in [7, 11) is 6.09. The summed E-state index contributed by atoms with van der Waals surface area (Å²) >= 11 is 7.87. The predicted octanol–water partition coefficient (Wildman–Crippen LogP) is 4.65. The Balaban J connectivity index is 2.31. The van der Waals surface area contributed by atoms with Crippen LogP contribution in [0.1, 0.15) is 0 Å². The summed E-state index contributed by atoms with van der Waals surface area (Å²) in [5, 5.41) is 5.60. The lowest BCUT2D eigenvalue weighted by Crippen LogP contribution is -2.00. The lowest BCUT2D eigenvalue weighted by Gasteiger charge is -1.99. The van der Waals surface area contributed by atoms with Gasteiger partial charge in [-0.15, -0.1) is 11.3 Å². The molecular formula is C16H8BClS. The number of rotatable bonds is 0. The highest BCUT2D eigenvalue weighted by Gasteiger charge is 2.10. The fourth-order valence-electron chi connectivity index (χ4n) is 2.60. The van der Waals surface area contributed by atoms with Gasteiger partial charge in [0.1, 0.15) is 7.85 Å². The van der Waals surface area contributed by atoms with Gasteiger partial charge < -0.3 is 0 Å². The van der Waals surface area contributed by atoms with Crippen LogP contribution in [0.25, 0.3) is 30.9 Å². The molecule has 0 nitrogen and oxygen atoms in total. The van der Waals surface area contributed by atoms with E-state index >= 15 is 0 Å². The van der Waals surface area contributed by atoms with Gasteiger partial charge in [-0.25, -0.2) is 0 Å². The molecule has 3 aromatic carbocycles. The van der Waals surface area contributed by atoms with E-state index in [0.29, 0.717) is 5.02 Å². The van der Waals surface area contributed by atoms with Crippen molar-refractivity contribution in [2.45, 2.75) is 0 Å². The Bertz CT molecular complexity index is 940. The Labute approximate surface area is 121 Å². The maximum atomic E-state index is 6.12. The number of fused-ring (bicyclic) bond motifs is 5. The largest absolute Gasteiger partial charge is 0.135 e. The Morgan fingerprint density at radius 2 is 1.68 bits per heavy atom. The van der Waals surface area contributed by atoms with Crippen LogP contribution in [0.3, 0.4) is 0 Å². The summed E-state index contributed by atoms with van der Waals surface area (Å²) < 4.78 is 2.40. The molecule has 4 aromatic rings. The molecule has 2 radical (unpaired) electrons. The molecule has 1 heterocycles. The summed E-state index contributed by atoms with van der Waals surface area (Å²) in [6.45, 7) is 0. The molecule has 0 unspecified atom stereocenters. The van der Waals surface area contributed by atoms with E-state index in [1.165, 1.54) is 20.9 Å². The fourth-order valence-corrected chi connectivity index (χ4v) is 4.07. The second-order valence-electron chi connectivity index (χ2n) is 4.64. The van der Waals surface area contributed by atoms with Gasteiger partial charge in [-0.2, -0.15) is 0 Å². The van der Waals surface area contributed by atoms with Crippen molar-refractivity contribution >= 4 is 67.2 Å². The lowest BCUT2D eigenvalue weighted by molar-refractivity contribution is 1.82. The molecular weight excluding hydrogens is 271 g/mol. The van der Waals surface area contributed by atoms with Gasteiger partial charge in [0.05, 0.1) is 0 Å². The highest BCUT2D eigenvalue weighted by Crippen LogP contribution is 2.38. The Kier molecular flexibility index (Phi) is 2.38. The molecule has 0 aliphatic rings. The van der Waals surface area contributed by atoms with Gasteiger partial charge in [0.25, 0.3) is 0 Å². The van der Waals surface area contributed by atoms with Gasteiger partial charge >= 0.3 is 0 Å². The van der Waals surface area contributed by atoms with Crippen LogP contribution < -0.4 is 5.46 Å². The van der Waals surface area contributed by atoms with Gasteiger partial charge in [-0.05, 0) is 22.9 Å². The maximum absolute atomic E-state index is 6.12. The van der Waals surface area contributed by atoms with Crippen LogP contribution in [-0.2, 0) is 0 Å². The van der Waals surface area contributed by atoms with E-state index in [2.05, 4.69) is 36.4 Å². The summed E-state index contributed by atoms with van der Waals surface area (Å²) in [5.74, 6) is 0. The second kappa shape index (κ2) is 3.99. The Hall–Kier alpha value is -1.51. The predicted molar refractivity (Wildman–Crippen MR) is 87.2 cm³/mol. The van der Waals surface area contributed by atoms with Gasteiger partial charge in [0, 0.05) is 25.2 Å². The molecule has 0 fully saturated rings. The number of benzene rings is 3. The topological polar surface area (TPSA) is 0 Å². The van der Waals surface area contributed by atoms with Crippen molar-refractivity contribution in [3.8, 4) is 0 Å². The molecule has 4 rings (SSSR count). The smallest absolute Gasteiger partial charge is 0.115 e. The Morgan fingerprint density at radius 3 is 2.58 bits per heavy atom. The zero-order valence-electron chi connectivity index (χ0n) is 9.98. The van der Waals surface area contributed by atoms with Crippen molar-refractivity contribution in [1.82, 2.24) is 0 Å². The van der Waals surface area contributed by atoms with Gasteiger partial charge in [0.2, 0.25) is 0 Å². The van der Waals surface area contributed by atoms with Crippen LogP contribution in [0.4, 0.5) is 0 Å². The fraction of sp³-hybridized carbons (Fsp3) is 0. The van der Waals surface area contributed by atoms with Gasteiger partial charge in [-0.1, -0.05) is 53.5 Å². The van der Waals surface area contributed by atoms with E-state index in [1.54, 1.807) is 11.3 Å². The van der Waals surface area contributed by atoms with Crippen LogP contribution in [0.2, 0.25) is 5.02 Å². The molecule has 0 saturated heterocycles. The van der Waals surface area contributed by atoms with Crippen molar-refractivity contribution in [2.24, 2.45) is 0 Å². The molecule has 0 N–H and O–H groups in total. The van der Waals surface area contributed by atoms with E-state index in [4.69, 9.17) is 19.4 Å². The van der Waals surface area contributed by atoms with Gasteiger partial charge in [-0.3, -0.25) is 0 Å². The Morgan fingerprint density at radius 1 is 0.842 bits per heavy atom. The highest BCUT2D eigenvalue weighted by molar-refractivity contribution is 7.27. The number of halogens is 1. The molecule has 19 heavy (non-hydrogen) atoms. The molecule has 88 valence electrons. The molecule has 0 spiro atoms. The normalized spacial score (nSPS) is 11.6. The van der Waals surface area contributed by atoms with Crippen molar-refractivity contribution in [1.29, 1.82) is 0 Å². The molecule has 3 heteroatoms. The minimum Gasteiger partial charge on any atom is -0.135 e. The molecule has 0 saturated carbocycles. The van der Waals surface area contributed by atoms with Crippen LogP contribution in [0.15, 0.2) is 48.5 Å². The molecule has 0 aliphatic heterocycles. The van der Waals surface area contributed by atoms with E-state index in [0.717, 1.165) is 15.5 Å². The minimum atomic E-state index is 0.692. The highest BCUT2D eigenvalue weighted by atomic mass is 35.5. The first-order valence-electron chi connectivity index (χ1n) is 6.03. The molecule has 1 aromatic heterocycles. The van der Waals surface area contributed by atoms with Crippen LogP contribution in [0, 0.1) is 0 Å². The van der Waals surface area contributed by atoms with E-state index in [1.807, 2.05) is 12.1 Å². The van der Waals surface area contributed by atoms with Crippen LogP contribution >= 0.6 is 22.9 Å². The minimum absolute atomic E-state index is 0.692. The van der Waals surface area contributed by atoms with Gasteiger partial charge in [0.15, 0.2) is 0 Å². The van der Waals surface area contributed by atoms with Crippen molar-refractivity contribution < 1.29 is 0 Å². The monoisotopic (exact) mass is 278 g/mol. The standard InChI is InChI=1S/C16H8BClS/c17-14-8-10(18)7-13-12-6-5-9-3-1-2-4-11(9)15(12)19-16(13)14/h1-8H. The average molecular weight is 279 g/mol. The third kappa shape index (κ3) is 1.60. The first-order valence-corrected chi connectivity index (χ1v) is 7.22. The quantitative estimate of drug-likeness (QED) is 0.411. The number of hydrogen-bond donors (Lipinski definition) is 0. The molecule has 0 atom stereocenters. The summed E-state index contributed by atoms with van der Waals surface area (Å²) in [5.41, 5.74) is 0.757. The molecule has 0 aliphatic carbocycles. The molecule has 0 bridgehead atoms. The zero-order chi connectivity index (χ0) is 13.0. The zero-order valence-corrected chi connectivity index (χ0v) is 11.6. The van der Waals surface area contributed by atoms with E-state index in [-0.39, 0.29) is 0 Å². The van der Waals surface area contributed by atoms with Crippen molar-refractivity contribution in [3.63, 3.8) is 0 Å². The third-order valence-corrected chi connectivity index (χ3v) is 4.98. The van der Waals surface area contributed by atoms with E-state index < -0.39 is 0 Å². The summed E-state index contributed by atoms with van der Waals surface area (Å²) in [4.78, 5) is 0. The van der Waals surface area contributed by atoms with E-state index in [9.17, 15) is 0 Å². The number of thiophene rings is 1. The maximum Gasteiger partial charge on any atom is 0.115 e. The van der Waals surface area contributed by atoms with Crippen LogP contribution in [0.5, 0.6) is 0 Å². The van der Waals surface area contributed by atoms with Crippen LogP contribution in [-0.4, -0.2) is 7.85 Å². The summed E-state index contributed by atoms with van der Waals surface area (Å²) in [6, 6.07) is 16.6. The summed E-state index contributed by atoms with van der Waals surface area (Å²) in [6.07, 6.45) is 0. The number of hydrogen-bond acceptors (Lipinski definition) is 1. The third-order valence-electron chi connectivity index (χ3n) is 3.46. The SMILES string of the molecule is [B]c1cc(Cl)cc2c1sc1c3ccccc3ccc21. The lowest BCUT2D eigenvalue weighted by atomic mass is 9.94. The first-order chi connectivity index (χ1) is 9.24. The molecule has 0 amide bonds.